The smallest absolute Gasteiger partial charge is 0.336 e. The van der Waals surface area contributed by atoms with Gasteiger partial charge >= 0.3 is 5.97 Å². The van der Waals surface area contributed by atoms with Gasteiger partial charge in [0.2, 0.25) is 0 Å². The van der Waals surface area contributed by atoms with Crippen molar-refractivity contribution in [3.63, 3.8) is 0 Å². The summed E-state index contributed by atoms with van der Waals surface area (Å²) < 4.78 is 17.6. The molecule has 0 fully saturated rings. The number of esters is 1. The van der Waals surface area contributed by atoms with Gasteiger partial charge < -0.3 is 14.2 Å². The summed E-state index contributed by atoms with van der Waals surface area (Å²) in [4.78, 5) is 11.9. The molecule has 0 aliphatic rings. The number of carbonyl (C=O) groups is 1. The molecule has 2 aromatic carbocycles. The van der Waals surface area contributed by atoms with Gasteiger partial charge in [0.1, 0.15) is 5.75 Å². The van der Waals surface area contributed by atoms with Crippen molar-refractivity contribution in [1.82, 2.24) is 0 Å². The lowest BCUT2D eigenvalue weighted by atomic mass is 10.2. The fourth-order valence-corrected chi connectivity index (χ4v) is 2.42. The molecule has 2 aromatic rings. The SMILES string of the molecule is CCCCOc1ccc(/C=C/C(=O)Oc2ccc(Br)cc2)cc1OCC. The maximum Gasteiger partial charge on any atom is 0.336 e. The van der Waals surface area contributed by atoms with Gasteiger partial charge in [-0.25, -0.2) is 4.79 Å². The molecule has 0 atom stereocenters. The summed E-state index contributed by atoms with van der Waals surface area (Å²) in [5, 5.41) is 0. The van der Waals surface area contributed by atoms with Gasteiger partial charge in [0.05, 0.1) is 13.2 Å². The molecule has 2 rings (SSSR count). The Labute approximate surface area is 162 Å². The molecule has 0 unspecified atom stereocenters. The highest BCUT2D eigenvalue weighted by Crippen LogP contribution is 2.29. The van der Waals surface area contributed by atoms with E-state index in [0.29, 0.717) is 24.7 Å². The van der Waals surface area contributed by atoms with E-state index in [4.69, 9.17) is 14.2 Å². The maximum absolute atomic E-state index is 11.9. The first-order chi connectivity index (χ1) is 12.6. The molecule has 0 aromatic heterocycles. The summed E-state index contributed by atoms with van der Waals surface area (Å²) in [6, 6.07) is 12.7. The minimum Gasteiger partial charge on any atom is -0.490 e. The molecule has 26 heavy (non-hydrogen) atoms. The summed E-state index contributed by atoms with van der Waals surface area (Å²) in [6.07, 6.45) is 5.16. The van der Waals surface area contributed by atoms with Gasteiger partial charge in [-0.2, -0.15) is 0 Å². The Morgan fingerprint density at radius 2 is 1.81 bits per heavy atom. The number of unbranched alkanes of at least 4 members (excludes halogenated alkanes) is 1. The molecule has 0 saturated heterocycles. The van der Waals surface area contributed by atoms with Crippen molar-refractivity contribution in [2.24, 2.45) is 0 Å². The van der Waals surface area contributed by atoms with E-state index < -0.39 is 5.97 Å². The van der Waals surface area contributed by atoms with Crippen LogP contribution in [0.1, 0.15) is 32.3 Å². The first kappa shape index (κ1) is 20.0. The van der Waals surface area contributed by atoms with Crippen LogP contribution in [0.3, 0.4) is 0 Å². The maximum atomic E-state index is 11.9. The lowest BCUT2D eigenvalue weighted by Gasteiger charge is -2.12. The van der Waals surface area contributed by atoms with E-state index in [2.05, 4.69) is 22.9 Å². The quantitative estimate of drug-likeness (QED) is 0.228. The van der Waals surface area contributed by atoms with E-state index in [1.54, 1.807) is 18.2 Å². The van der Waals surface area contributed by atoms with Crippen molar-refractivity contribution in [3.8, 4) is 17.2 Å². The van der Waals surface area contributed by atoms with E-state index >= 15 is 0 Å². The van der Waals surface area contributed by atoms with Crippen LogP contribution in [0.5, 0.6) is 17.2 Å². The number of hydrogen-bond acceptors (Lipinski definition) is 4. The third-order valence-electron chi connectivity index (χ3n) is 3.47. The van der Waals surface area contributed by atoms with Crippen molar-refractivity contribution < 1.29 is 19.0 Å². The molecule has 0 aliphatic heterocycles. The molecule has 0 saturated carbocycles. The van der Waals surface area contributed by atoms with Gasteiger partial charge in [-0.3, -0.25) is 0 Å². The standard InChI is InChI=1S/C21H23BrO4/c1-3-5-14-25-19-12-6-16(15-20(19)24-4-2)7-13-21(23)26-18-10-8-17(22)9-11-18/h6-13,15H,3-5,14H2,1-2H3/b13-7+. The first-order valence-corrected chi connectivity index (χ1v) is 9.46. The molecule has 4 nitrogen and oxygen atoms in total. The van der Waals surface area contributed by atoms with Crippen LogP contribution in [0, 0.1) is 0 Å². The minimum absolute atomic E-state index is 0.437. The predicted molar refractivity (Wildman–Crippen MR) is 107 cm³/mol. The van der Waals surface area contributed by atoms with Crippen LogP contribution >= 0.6 is 15.9 Å². The summed E-state index contributed by atoms with van der Waals surface area (Å²) in [5.74, 6) is 1.45. The van der Waals surface area contributed by atoms with Crippen LogP contribution < -0.4 is 14.2 Å². The second-order valence-corrected chi connectivity index (χ2v) is 6.47. The number of hydrogen-bond donors (Lipinski definition) is 0. The third-order valence-corrected chi connectivity index (χ3v) is 4.00. The van der Waals surface area contributed by atoms with Gasteiger partial charge in [0, 0.05) is 10.5 Å². The van der Waals surface area contributed by atoms with Crippen LogP contribution in [0.4, 0.5) is 0 Å². The highest BCUT2D eigenvalue weighted by atomic mass is 79.9. The van der Waals surface area contributed by atoms with Gasteiger partial charge in [-0.1, -0.05) is 35.3 Å². The topological polar surface area (TPSA) is 44.8 Å². The van der Waals surface area contributed by atoms with Crippen molar-refractivity contribution >= 4 is 28.0 Å². The Kier molecular flexibility index (Phi) is 8.22. The van der Waals surface area contributed by atoms with Crippen molar-refractivity contribution in [3.05, 3.63) is 58.6 Å². The second-order valence-electron chi connectivity index (χ2n) is 5.55. The summed E-state index contributed by atoms with van der Waals surface area (Å²) in [6.45, 7) is 5.25. The van der Waals surface area contributed by atoms with E-state index in [9.17, 15) is 4.79 Å². The summed E-state index contributed by atoms with van der Waals surface area (Å²) >= 11 is 3.34. The van der Waals surface area contributed by atoms with E-state index in [1.165, 1.54) is 6.08 Å². The molecule has 138 valence electrons. The number of benzene rings is 2. The lowest BCUT2D eigenvalue weighted by molar-refractivity contribution is -0.128. The molecule has 5 heteroatoms. The fraction of sp³-hybridized carbons (Fsp3) is 0.286. The van der Waals surface area contributed by atoms with Gasteiger partial charge in [0.25, 0.3) is 0 Å². The molecule has 0 bridgehead atoms. The molecule has 0 N–H and O–H groups in total. The normalized spacial score (nSPS) is 10.7. The molecule has 0 amide bonds. The Hall–Kier alpha value is -2.27. The van der Waals surface area contributed by atoms with Crippen molar-refractivity contribution in [2.45, 2.75) is 26.7 Å². The molecule has 0 radical (unpaired) electrons. The predicted octanol–water partition coefficient (Wildman–Crippen LogP) is 5.65. The van der Waals surface area contributed by atoms with Gasteiger partial charge in [-0.15, -0.1) is 0 Å². The van der Waals surface area contributed by atoms with E-state index in [1.807, 2.05) is 37.3 Å². The van der Waals surface area contributed by atoms with Crippen molar-refractivity contribution in [2.75, 3.05) is 13.2 Å². The lowest BCUT2D eigenvalue weighted by Crippen LogP contribution is -2.03. The van der Waals surface area contributed by atoms with E-state index in [0.717, 1.165) is 28.6 Å². The number of rotatable bonds is 9. The summed E-state index contributed by atoms with van der Waals surface area (Å²) in [7, 11) is 0. The van der Waals surface area contributed by atoms with Crippen LogP contribution in [0.2, 0.25) is 0 Å². The highest BCUT2D eigenvalue weighted by molar-refractivity contribution is 9.10. The monoisotopic (exact) mass is 418 g/mol. The average molecular weight is 419 g/mol. The molecule has 0 aliphatic carbocycles. The van der Waals surface area contributed by atoms with Crippen LogP contribution in [-0.2, 0) is 4.79 Å². The number of halogens is 1. The zero-order valence-electron chi connectivity index (χ0n) is 15.0. The average Bonchev–Trinajstić information content (AvgIpc) is 2.64. The van der Waals surface area contributed by atoms with Crippen LogP contribution in [0.25, 0.3) is 6.08 Å². The largest absolute Gasteiger partial charge is 0.490 e. The van der Waals surface area contributed by atoms with Crippen LogP contribution in [0.15, 0.2) is 53.0 Å². The molecule has 0 heterocycles. The van der Waals surface area contributed by atoms with Crippen molar-refractivity contribution in [1.29, 1.82) is 0 Å². The third kappa shape index (κ3) is 6.56. The molecular weight excluding hydrogens is 396 g/mol. The summed E-state index contributed by atoms with van der Waals surface area (Å²) in [5.41, 5.74) is 0.837. The Morgan fingerprint density at radius 1 is 1.04 bits per heavy atom. The highest BCUT2D eigenvalue weighted by Gasteiger charge is 2.06. The second kappa shape index (κ2) is 10.7. The van der Waals surface area contributed by atoms with E-state index in [-0.39, 0.29) is 0 Å². The van der Waals surface area contributed by atoms with Gasteiger partial charge in [-0.05, 0) is 61.4 Å². The first-order valence-electron chi connectivity index (χ1n) is 8.67. The zero-order chi connectivity index (χ0) is 18.8. The molecular formula is C21H23BrO4. The molecule has 0 spiro atoms. The minimum atomic E-state index is -0.437. The Morgan fingerprint density at radius 3 is 2.50 bits per heavy atom. The Bertz CT molecular complexity index is 738. The zero-order valence-corrected chi connectivity index (χ0v) is 16.6. The van der Waals surface area contributed by atoms with Crippen LogP contribution in [-0.4, -0.2) is 19.2 Å². The fourth-order valence-electron chi connectivity index (χ4n) is 2.16. The Balaban J connectivity index is 2.02. The number of carbonyl (C=O) groups excluding carboxylic acids is 1. The van der Waals surface area contributed by atoms with Gasteiger partial charge in [0.15, 0.2) is 11.5 Å². The number of ether oxygens (including phenoxy) is 3.